The van der Waals surface area contributed by atoms with Gasteiger partial charge in [-0.05, 0) is 25.7 Å². The molecule has 1 aromatic carbocycles. The molecule has 0 spiro atoms. The van der Waals surface area contributed by atoms with Crippen LogP contribution in [0.5, 0.6) is 11.5 Å². The minimum Gasteiger partial charge on any atom is -0.486 e. The Balaban J connectivity index is 0.00000208. The summed E-state index contributed by atoms with van der Waals surface area (Å²) in [6, 6.07) is 3.05. The molecule has 9 heteroatoms. The van der Waals surface area contributed by atoms with Crippen LogP contribution in [-0.4, -0.2) is 45.1 Å². The highest BCUT2D eigenvalue weighted by Crippen LogP contribution is 2.38. The SMILES string of the molecule is CC(N)C1CCN(S(=O)(=O)c2cc3c(cc2Cl)OCCO3)CC1.Cl. The number of fused-ring (bicyclic) bond motifs is 1. The van der Waals surface area contributed by atoms with Crippen LogP contribution in [0.25, 0.3) is 0 Å². The van der Waals surface area contributed by atoms with Crippen molar-refractivity contribution >= 4 is 34.0 Å². The Morgan fingerprint density at radius 2 is 1.75 bits per heavy atom. The first kappa shape index (κ1) is 19.6. The number of hydrogen-bond donors (Lipinski definition) is 1. The van der Waals surface area contributed by atoms with E-state index in [0.29, 0.717) is 43.7 Å². The molecule has 0 aromatic heterocycles. The van der Waals surface area contributed by atoms with Crippen molar-refractivity contribution in [2.75, 3.05) is 26.3 Å². The second-order valence-electron chi connectivity index (χ2n) is 6.03. The van der Waals surface area contributed by atoms with Gasteiger partial charge in [0.2, 0.25) is 10.0 Å². The molecule has 6 nitrogen and oxygen atoms in total. The summed E-state index contributed by atoms with van der Waals surface area (Å²) in [5.41, 5.74) is 5.91. The van der Waals surface area contributed by atoms with E-state index < -0.39 is 10.0 Å². The van der Waals surface area contributed by atoms with Crippen molar-refractivity contribution in [1.82, 2.24) is 4.31 Å². The second kappa shape index (κ2) is 7.66. The number of ether oxygens (including phenoxy) is 2. The lowest BCUT2D eigenvalue weighted by atomic mass is 9.92. The molecule has 2 heterocycles. The van der Waals surface area contributed by atoms with Crippen molar-refractivity contribution in [2.45, 2.75) is 30.7 Å². The molecule has 136 valence electrons. The second-order valence-corrected chi connectivity index (χ2v) is 8.34. The minimum absolute atomic E-state index is 0. The maximum atomic E-state index is 12.9. The average molecular weight is 397 g/mol. The fourth-order valence-corrected chi connectivity index (χ4v) is 5.00. The summed E-state index contributed by atoms with van der Waals surface area (Å²) in [5, 5.41) is 0.156. The molecule has 2 N–H and O–H groups in total. The number of rotatable bonds is 3. The molecule has 0 saturated carbocycles. The van der Waals surface area contributed by atoms with Gasteiger partial charge in [0.25, 0.3) is 0 Å². The lowest BCUT2D eigenvalue weighted by Gasteiger charge is -2.33. The van der Waals surface area contributed by atoms with Gasteiger partial charge < -0.3 is 15.2 Å². The van der Waals surface area contributed by atoms with Gasteiger partial charge in [-0.2, -0.15) is 4.31 Å². The topological polar surface area (TPSA) is 81.9 Å². The maximum absolute atomic E-state index is 12.9. The zero-order chi connectivity index (χ0) is 16.6. The quantitative estimate of drug-likeness (QED) is 0.846. The number of benzene rings is 1. The summed E-state index contributed by atoms with van der Waals surface area (Å²) in [6.45, 7) is 3.71. The summed E-state index contributed by atoms with van der Waals surface area (Å²) in [5.74, 6) is 1.26. The molecule has 0 aliphatic carbocycles. The summed E-state index contributed by atoms with van der Waals surface area (Å²) in [7, 11) is -3.65. The average Bonchev–Trinajstić information content (AvgIpc) is 2.54. The molecule has 1 saturated heterocycles. The number of nitrogens with two attached hydrogens (primary N) is 1. The van der Waals surface area contributed by atoms with Crippen LogP contribution in [0.15, 0.2) is 17.0 Å². The van der Waals surface area contributed by atoms with E-state index in [4.69, 9.17) is 26.8 Å². The van der Waals surface area contributed by atoms with Gasteiger partial charge in [0, 0.05) is 31.3 Å². The van der Waals surface area contributed by atoms with Gasteiger partial charge in [-0.25, -0.2) is 8.42 Å². The Bertz CT molecular complexity index is 689. The number of piperidine rings is 1. The highest BCUT2D eigenvalue weighted by molar-refractivity contribution is 7.89. The van der Waals surface area contributed by atoms with Gasteiger partial charge in [0.15, 0.2) is 11.5 Å². The number of hydrogen-bond acceptors (Lipinski definition) is 5. The molecule has 0 radical (unpaired) electrons. The van der Waals surface area contributed by atoms with Crippen LogP contribution in [0, 0.1) is 5.92 Å². The number of halogens is 2. The van der Waals surface area contributed by atoms with Gasteiger partial charge in [0.05, 0.1) is 5.02 Å². The Morgan fingerprint density at radius 3 is 2.29 bits per heavy atom. The summed E-state index contributed by atoms with van der Waals surface area (Å²) in [4.78, 5) is 0.0719. The van der Waals surface area contributed by atoms with Crippen LogP contribution in [-0.2, 0) is 10.0 Å². The predicted molar refractivity (Wildman–Crippen MR) is 94.8 cm³/mol. The minimum atomic E-state index is -3.65. The van der Waals surface area contributed by atoms with Crippen LogP contribution in [0.2, 0.25) is 5.02 Å². The van der Waals surface area contributed by atoms with Gasteiger partial charge in [-0.3, -0.25) is 0 Å². The Hall–Kier alpha value is -0.730. The maximum Gasteiger partial charge on any atom is 0.244 e. The molecule has 0 amide bonds. The molecule has 2 aliphatic rings. The third-order valence-corrected chi connectivity index (χ3v) is 6.82. The first-order valence-electron chi connectivity index (χ1n) is 7.74. The van der Waals surface area contributed by atoms with Crippen molar-refractivity contribution in [1.29, 1.82) is 0 Å². The lowest BCUT2D eigenvalue weighted by Crippen LogP contribution is -2.42. The highest BCUT2D eigenvalue weighted by Gasteiger charge is 2.33. The van der Waals surface area contributed by atoms with E-state index in [1.165, 1.54) is 16.4 Å². The first-order valence-corrected chi connectivity index (χ1v) is 9.56. The fraction of sp³-hybridized carbons (Fsp3) is 0.600. The fourth-order valence-electron chi connectivity index (χ4n) is 3.02. The Labute approximate surface area is 153 Å². The van der Waals surface area contributed by atoms with Gasteiger partial charge in [-0.1, -0.05) is 11.6 Å². The Morgan fingerprint density at radius 1 is 1.21 bits per heavy atom. The van der Waals surface area contributed by atoms with E-state index in [-0.39, 0.29) is 28.4 Å². The van der Waals surface area contributed by atoms with Gasteiger partial charge in [0.1, 0.15) is 18.1 Å². The molecule has 1 unspecified atom stereocenters. The zero-order valence-electron chi connectivity index (χ0n) is 13.4. The largest absolute Gasteiger partial charge is 0.486 e. The molecule has 0 bridgehead atoms. The molecule has 1 atom stereocenters. The molecule has 1 aromatic rings. The summed E-state index contributed by atoms with van der Waals surface area (Å²) >= 11 is 6.18. The molecule has 2 aliphatic heterocycles. The lowest BCUT2D eigenvalue weighted by molar-refractivity contribution is 0.171. The summed E-state index contributed by atoms with van der Waals surface area (Å²) in [6.07, 6.45) is 1.53. The molecule has 24 heavy (non-hydrogen) atoms. The highest BCUT2D eigenvalue weighted by atomic mass is 35.5. The van der Waals surface area contributed by atoms with Crippen molar-refractivity contribution in [3.8, 4) is 11.5 Å². The van der Waals surface area contributed by atoms with Crippen LogP contribution in [0.3, 0.4) is 0 Å². The Kier molecular flexibility index (Phi) is 6.25. The van der Waals surface area contributed by atoms with E-state index in [9.17, 15) is 8.42 Å². The van der Waals surface area contributed by atoms with Crippen molar-refractivity contribution in [2.24, 2.45) is 11.7 Å². The van der Waals surface area contributed by atoms with E-state index >= 15 is 0 Å². The molecular formula is C15H22Cl2N2O4S. The predicted octanol–water partition coefficient (Wildman–Crippen LogP) is 2.28. The van der Waals surface area contributed by atoms with Crippen molar-refractivity contribution in [3.05, 3.63) is 17.2 Å². The van der Waals surface area contributed by atoms with E-state index in [0.717, 1.165) is 12.8 Å². The number of nitrogens with zero attached hydrogens (tertiary/aromatic N) is 1. The first-order chi connectivity index (χ1) is 10.9. The molecule has 1 fully saturated rings. The van der Waals surface area contributed by atoms with Crippen LogP contribution in [0.4, 0.5) is 0 Å². The smallest absolute Gasteiger partial charge is 0.244 e. The van der Waals surface area contributed by atoms with Crippen LogP contribution < -0.4 is 15.2 Å². The summed E-state index contributed by atoms with van der Waals surface area (Å²) < 4.78 is 38.1. The zero-order valence-corrected chi connectivity index (χ0v) is 15.8. The van der Waals surface area contributed by atoms with Crippen LogP contribution in [0.1, 0.15) is 19.8 Å². The van der Waals surface area contributed by atoms with Gasteiger partial charge >= 0.3 is 0 Å². The van der Waals surface area contributed by atoms with Crippen LogP contribution >= 0.6 is 24.0 Å². The van der Waals surface area contributed by atoms with E-state index in [2.05, 4.69) is 0 Å². The van der Waals surface area contributed by atoms with Crippen molar-refractivity contribution in [3.63, 3.8) is 0 Å². The van der Waals surface area contributed by atoms with Gasteiger partial charge in [-0.15, -0.1) is 12.4 Å². The molecule has 3 rings (SSSR count). The number of sulfonamides is 1. The third-order valence-electron chi connectivity index (χ3n) is 4.46. The molecular weight excluding hydrogens is 375 g/mol. The third kappa shape index (κ3) is 3.75. The monoisotopic (exact) mass is 396 g/mol. The van der Waals surface area contributed by atoms with E-state index in [1.807, 2.05) is 6.92 Å². The van der Waals surface area contributed by atoms with E-state index in [1.54, 1.807) is 0 Å². The van der Waals surface area contributed by atoms with Crippen molar-refractivity contribution < 1.29 is 17.9 Å². The normalized spacial score (nSPS) is 20.3. The standard InChI is InChI=1S/C15H21ClN2O4S.ClH/c1-10(17)11-2-4-18(5-3-11)23(19,20)15-9-14-13(8-12(15)16)21-6-7-22-14;/h8-11H,2-7,17H2,1H3;1H.